The van der Waals surface area contributed by atoms with E-state index in [2.05, 4.69) is 5.32 Å². The summed E-state index contributed by atoms with van der Waals surface area (Å²) in [5, 5.41) is 3.41. The number of amides is 1. The highest BCUT2D eigenvalue weighted by atomic mass is 16.5. The third-order valence-electron chi connectivity index (χ3n) is 2.82. The molecule has 1 unspecified atom stereocenters. The Bertz CT molecular complexity index is 191. The van der Waals surface area contributed by atoms with E-state index < -0.39 is 0 Å². The zero-order valence-corrected chi connectivity index (χ0v) is 9.79. The van der Waals surface area contributed by atoms with Crippen LogP contribution in [0.4, 0.5) is 0 Å². The Morgan fingerprint density at radius 1 is 1.60 bits per heavy atom. The molecule has 0 aliphatic carbocycles. The van der Waals surface area contributed by atoms with Crippen LogP contribution in [0, 0.1) is 0 Å². The average molecular weight is 214 g/mol. The smallest absolute Gasteiger partial charge is 0.222 e. The summed E-state index contributed by atoms with van der Waals surface area (Å²) in [6.07, 6.45) is 2.99. The lowest BCUT2D eigenvalue weighted by Gasteiger charge is -2.25. The molecule has 1 saturated heterocycles. The van der Waals surface area contributed by atoms with E-state index in [1.165, 1.54) is 12.8 Å². The zero-order chi connectivity index (χ0) is 11.1. The van der Waals surface area contributed by atoms with Crippen molar-refractivity contribution in [2.75, 3.05) is 33.4 Å². The van der Waals surface area contributed by atoms with Crippen LogP contribution >= 0.6 is 0 Å². The van der Waals surface area contributed by atoms with Crippen molar-refractivity contribution in [1.29, 1.82) is 0 Å². The van der Waals surface area contributed by atoms with Crippen LogP contribution in [0.3, 0.4) is 0 Å². The summed E-state index contributed by atoms with van der Waals surface area (Å²) in [5.41, 5.74) is 0. The zero-order valence-electron chi connectivity index (χ0n) is 9.79. The second-order valence-electron chi connectivity index (χ2n) is 3.98. The molecular formula is C11H22N2O2. The number of hydrogen-bond acceptors (Lipinski definition) is 3. The van der Waals surface area contributed by atoms with Crippen molar-refractivity contribution in [3.8, 4) is 0 Å². The van der Waals surface area contributed by atoms with Gasteiger partial charge in [0, 0.05) is 32.7 Å². The number of methoxy groups -OCH3 is 1. The lowest BCUT2D eigenvalue weighted by atomic mass is 10.2. The minimum Gasteiger partial charge on any atom is -0.383 e. The molecule has 1 amide bonds. The van der Waals surface area contributed by atoms with Gasteiger partial charge in [-0.3, -0.25) is 4.79 Å². The summed E-state index contributed by atoms with van der Waals surface area (Å²) in [6.45, 7) is 5.16. The lowest BCUT2D eigenvalue weighted by Crippen LogP contribution is -2.42. The van der Waals surface area contributed by atoms with E-state index in [1.807, 2.05) is 11.8 Å². The first-order valence-electron chi connectivity index (χ1n) is 5.78. The highest BCUT2D eigenvalue weighted by Gasteiger charge is 2.20. The number of rotatable bonds is 6. The fraction of sp³-hybridized carbons (Fsp3) is 0.909. The van der Waals surface area contributed by atoms with Crippen molar-refractivity contribution in [1.82, 2.24) is 10.2 Å². The van der Waals surface area contributed by atoms with Crippen LogP contribution in [0.1, 0.15) is 26.2 Å². The number of nitrogens with one attached hydrogen (secondary N) is 1. The van der Waals surface area contributed by atoms with Crippen molar-refractivity contribution in [3.63, 3.8) is 0 Å². The molecule has 1 aliphatic heterocycles. The summed E-state index contributed by atoms with van der Waals surface area (Å²) in [5.74, 6) is 0.223. The molecule has 4 nitrogen and oxygen atoms in total. The molecule has 0 saturated carbocycles. The van der Waals surface area contributed by atoms with Gasteiger partial charge in [-0.25, -0.2) is 0 Å². The normalized spacial score (nSPS) is 20.5. The standard InChI is InChI=1S/C11H22N2O2/c1-3-11(14)13(7-8-15-2)9-10-5-4-6-12-10/h10,12H,3-9H2,1-2H3. The van der Waals surface area contributed by atoms with Crippen molar-refractivity contribution < 1.29 is 9.53 Å². The number of hydrogen-bond donors (Lipinski definition) is 1. The highest BCUT2D eigenvalue weighted by molar-refractivity contribution is 5.75. The van der Waals surface area contributed by atoms with E-state index in [4.69, 9.17) is 4.74 Å². The topological polar surface area (TPSA) is 41.6 Å². The third-order valence-corrected chi connectivity index (χ3v) is 2.82. The number of carbonyl (C=O) groups is 1. The van der Waals surface area contributed by atoms with Gasteiger partial charge in [-0.1, -0.05) is 6.92 Å². The Hall–Kier alpha value is -0.610. The van der Waals surface area contributed by atoms with Crippen LogP contribution in [-0.2, 0) is 9.53 Å². The van der Waals surface area contributed by atoms with Gasteiger partial charge in [0.15, 0.2) is 0 Å². The Kier molecular flexibility index (Phi) is 5.65. The molecule has 15 heavy (non-hydrogen) atoms. The van der Waals surface area contributed by atoms with Crippen LogP contribution in [0.5, 0.6) is 0 Å². The molecule has 0 bridgehead atoms. The average Bonchev–Trinajstić information content (AvgIpc) is 2.75. The van der Waals surface area contributed by atoms with Gasteiger partial charge in [-0.05, 0) is 19.4 Å². The van der Waals surface area contributed by atoms with Crippen LogP contribution in [0.2, 0.25) is 0 Å². The van der Waals surface area contributed by atoms with Crippen molar-refractivity contribution >= 4 is 5.91 Å². The van der Waals surface area contributed by atoms with Crippen molar-refractivity contribution in [2.24, 2.45) is 0 Å². The first-order valence-corrected chi connectivity index (χ1v) is 5.78. The first kappa shape index (κ1) is 12.5. The molecule has 1 atom stereocenters. The summed E-state index contributed by atoms with van der Waals surface area (Å²) in [4.78, 5) is 13.6. The molecule has 88 valence electrons. The largest absolute Gasteiger partial charge is 0.383 e. The van der Waals surface area contributed by atoms with Gasteiger partial charge >= 0.3 is 0 Å². The lowest BCUT2D eigenvalue weighted by molar-refractivity contribution is -0.131. The SMILES string of the molecule is CCC(=O)N(CCOC)CC1CCCN1. The maximum absolute atomic E-state index is 11.6. The minimum absolute atomic E-state index is 0.223. The van der Waals surface area contributed by atoms with Crippen LogP contribution in [-0.4, -0.2) is 50.2 Å². The molecule has 1 rings (SSSR count). The number of carbonyl (C=O) groups excluding carboxylic acids is 1. The highest BCUT2D eigenvalue weighted by Crippen LogP contribution is 2.07. The van der Waals surface area contributed by atoms with Crippen molar-refractivity contribution in [3.05, 3.63) is 0 Å². The van der Waals surface area contributed by atoms with E-state index in [0.29, 0.717) is 25.6 Å². The van der Waals surface area contributed by atoms with Crippen LogP contribution in [0.15, 0.2) is 0 Å². The van der Waals surface area contributed by atoms with Gasteiger partial charge < -0.3 is 15.0 Å². The molecule has 0 aromatic heterocycles. The molecule has 4 heteroatoms. The summed E-state index contributed by atoms with van der Waals surface area (Å²) < 4.78 is 5.02. The monoisotopic (exact) mass is 214 g/mol. The Balaban J connectivity index is 2.36. The molecule has 1 heterocycles. The molecular weight excluding hydrogens is 192 g/mol. The second kappa shape index (κ2) is 6.80. The van der Waals surface area contributed by atoms with Crippen LogP contribution in [0.25, 0.3) is 0 Å². The maximum Gasteiger partial charge on any atom is 0.222 e. The number of ether oxygens (including phenoxy) is 1. The Morgan fingerprint density at radius 2 is 2.40 bits per heavy atom. The predicted molar refractivity (Wildman–Crippen MR) is 59.8 cm³/mol. The van der Waals surface area contributed by atoms with E-state index in [1.54, 1.807) is 7.11 Å². The van der Waals surface area contributed by atoms with Gasteiger partial charge in [-0.15, -0.1) is 0 Å². The first-order chi connectivity index (χ1) is 7.27. The molecule has 0 spiro atoms. The van der Waals surface area contributed by atoms with Gasteiger partial charge in [0.25, 0.3) is 0 Å². The summed E-state index contributed by atoms with van der Waals surface area (Å²) >= 11 is 0. The quantitative estimate of drug-likeness (QED) is 0.705. The molecule has 0 aromatic rings. The molecule has 1 fully saturated rings. The van der Waals surface area contributed by atoms with E-state index in [0.717, 1.165) is 13.1 Å². The van der Waals surface area contributed by atoms with Crippen LogP contribution < -0.4 is 5.32 Å². The Morgan fingerprint density at radius 3 is 2.93 bits per heavy atom. The second-order valence-corrected chi connectivity index (χ2v) is 3.98. The van der Waals surface area contributed by atoms with E-state index in [-0.39, 0.29) is 5.91 Å². The van der Waals surface area contributed by atoms with E-state index in [9.17, 15) is 4.79 Å². The molecule has 0 radical (unpaired) electrons. The van der Waals surface area contributed by atoms with Gasteiger partial charge in [-0.2, -0.15) is 0 Å². The van der Waals surface area contributed by atoms with E-state index >= 15 is 0 Å². The van der Waals surface area contributed by atoms with Crippen molar-refractivity contribution in [2.45, 2.75) is 32.2 Å². The molecule has 1 aliphatic rings. The number of nitrogens with zero attached hydrogens (tertiary/aromatic N) is 1. The Labute approximate surface area is 92.0 Å². The summed E-state index contributed by atoms with van der Waals surface area (Å²) in [7, 11) is 1.67. The molecule has 1 N–H and O–H groups in total. The maximum atomic E-state index is 11.6. The molecule has 0 aromatic carbocycles. The van der Waals surface area contributed by atoms with Gasteiger partial charge in [0.05, 0.1) is 6.61 Å². The summed E-state index contributed by atoms with van der Waals surface area (Å²) in [6, 6.07) is 0.484. The third kappa shape index (κ3) is 4.18. The predicted octanol–water partition coefficient (Wildman–Crippen LogP) is 0.623. The fourth-order valence-electron chi connectivity index (χ4n) is 1.92. The minimum atomic E-state index is 0.223. The fourth-order valence-corrected chi connectivity index (χ4v) is 1.92. The van der Waals surface area contributed by atoms with Gasteiger partial charge in [0.2, 0.25) is 5.91 Å². The van der Waals surface area contributed by atoms with Gasteiger partial charge in [0.1, 0.15) is 0 Å².